The lowest BCUT2D eigenvalue weighted by Crippen LogP contribution is -2.43. The van der Waals surface area contributed by atoms with E-state index in [1.54, 1.807) is 11.3 Å². The molecule has 2 aliphatic rings. The standard InChI is InChI=1S/C23H36N6OS/c1-18-10-11-19(2)29(18)23-26-25-22(31-23)28-16-7-9-20(17-28)21(30)24-12-8-15-27-13-5-3-4-6-14-27/h10-11,20H,3-9,12-17H2,1-2H3,(H,24,30)/t20-/m0/s1. The first-order chi connectivity index (χ1) is 15.1. The Kier molecular flexibility index (Phi) is 7.61. The number of likely N-dealkylation sites (tertiary alicyclic amines) is 1. The summed E-state index contributed by atoms with van der Waals surface area (Å²) in [7, 11) is 0. The average Bonchev–Trinajstić information content (AvgIpc) is 3.29. The van der Waals surface area contributed by atoms with Crippen molar-refractivity contribution in [3.63, 3.8) is 0 Å². The fourth-order valence-corrected chi connectivity index (χ4v) is 5.78. The van der Waals surface area contributed by atoms with Gasteiger partial charge in [-0.1, -0.05) is 24.2 Å². The van der Waals surface area contributed by atoms with Gasteiger partial charge in [-0.2, -0.15) is 0 Å². The molecule has 170 valence electrons. The molecule has 0 aliphatic carbocycles. The average molecular weight is 445 g/mol. The summed E-state index contributed by atoms with van der Waals surface area (Å²) in [6.07, 6.45) is 8.39. The molecule has 4 rings (SSSR count). The van der Waals surface area contributed by atoms with Crippen molar-refractivity contribution in [2.75, 3.05) is 44.2 Å². The van der Waals surface area contributed by atoms with E-state index in [1.165, 1.54) is 38.8 Å². The lowest BCUT2D eigenvalue weighted by molar-refractivity contribution is -0.125. The molecule has 2 fully saturated rings. The van der Waals surface area contributed by atoms with Crippen molar-refractivity contribution in [2.45, 2.75) is 58.8 Å². The molecule has 0 spiro atoms. The van der Waals surface area contributed by atoms with Gasteiger partial charge < -0.3 is 15.1 Å². The zero-order valence-corrected chi connectivity index (χ0v) is 19.8. The van der Waals surface area contributed by atoms with Crippen molar-refractivity contribution in [3.8, 4) is 5.13 Å². The maximum atomic E-state index is 12.8. The number of carbonyl (C=O) groups excluding carboxylic acids is 1. The molecule has 0 saturated carbocycles. The SMILES string of the molecule is Cc1ccc(C)n1-c1nnc(N2CCC[C@H](C(=O)NCCCN3CCCCCC3)C2)s1. The van der Waals surface area contributed by atoms with Crippen LogP contribution in [0.2, 0.25) is 0 Å². The largest absolute Gasteiger partial charge is 0.356 e. The molecule has 7 nitrogen and oxygen atoms in total. The Morgan fingerprint density at radius 2 is 1.74 bits per heavy atom. The number of anilines is 1. The Balaban J connectivity index is 1.26. The third kappa shape index (κ3) is 5.66. The molecule has 31 heavy (non-hydrogen) atoms. The first kappa shape index (κ1) is 22.3. The normalized spacial score (nSPS) is 20.6. The van der Waals surface area contributed by atoms with E-state index >= 15 is 0 Å². The van der Waals surface area contributed by atoms with E-state index in [9.17, 15) is 4.79 Å². The Bertz CT molecular complexity index is 835. The minimum absolute atomic E-state index is 0.0364. The predicted octanol–water partition coefficient (Wildman–Crippen LogP) is 3.54. The topological polar surface area (TPSA) is 66.3 Å². The summed E-state index contributed by atoms with van der Waals surface area (Å²) < 4.78 is 2.14. The zero-order chi connectivity index (χ0) is 21.6. The van der Waals surface area contributed by atoms with Crippen LogP contribution in [0.5, 0.6) is 0 Å². The molecule has 0 aromatic carbocycles. The van der Waals surface area contributed by atoms with E-state index in [4.69, 9.17) is 0 Å². The number of aryl methyl sites for hydroxylation is 2. The molecule has 1 amide bonds. The quantitative estimate of drug-likeness (QED) is 0.662. The van der Waals surface area contributed by atoms with E-state index in [2.05, 4.69) is 55.9 Å². The fourth-order valence-electron chi connectivity index (χ4n) is 4.78. The molecule has 0 unspecified atom stereocenters. The number of rotatable bonds is 7. The fraction of sp³-hybridized carbons (Fsp3) is 0.696. The molecule has 4 heterocycles. The van der Waals surface area contributed by atoms with Gasteiger partial charge in [0.05, 0.1) is 5.92 Å². The summed E-state index contributed by atoms with van der Waals surface area (Å²) in [5.41, 5.74) is 2.33. The first-order valence-electron chi connectivity index (χ1n) is 11.9. The van der Waals surface area contributed by atoms with Crippen molar-refractivity contribution >= 4 is 22.4 Å². The molecule has 2 saturated heterocycles. The number of carbonyl (C=O) groups is 1. The lowest BCUT2D eigenvalue weighted by Gasteiger charge is -2.31. The monoisotopic (exact) mass is 444 g/mol. The molecule has 1 N–H and O–H groups in total. The maximum Gasteiger partial charge on any atom is 0.224 e. The Morgan fingerprint density at radius 1 is 1.03 bits per heavy atom. The highest BCUT2D eigenvalue weighted by Crippen LogP contribution is 2.29. The maximum absolute atomic E-state index is 12.8. The number of amides is 1. The number of piperidine rings is 1. The smallest absolute Gasteiger partial charge is 0.224 e. The van der Waals surface area contributed by atoms with Crippen molar-refractivity contribution in [1.29, 1.82) is 0 Å². The van der Waals surface area contributed by atoms with E-state index in [0.717, 1.165) is 67.1 Å². The number of nitrogens with zero attached hydrogens (tertiary/aromatic N) is 5. The van der Waals surface area contributed by atoms with Crippen molar-refractivity contribution in [3.05, 3.63) is 23.5 Å². The van der Waals surface area contributed by atoms with Crippen LogP contribution in [0.25, 0.3) is 5.13 Å². The lowest BCUT2D eigenvalue weighted by atomic mass is 9.97. The second kappa shape index (κ2) is 10.6. The van der Waals surface area contributed by atoms with E-state index in [0.29, 0.717) is 0 Å². The Morgan fingerprint density at radius 3 is 2.48 bits per heavy atom. The number of nitrogens with one attached hydrogen (secondary N) is 1. The van der Waals surface area contributed by atoms with Crippen molar-refractivity contribution < 1.29 is 4.79 Å². The minimum atomic E-state index is 0.0364. The molecular formula is C23H36N6OS. The van der Waals surface area contributed by atoms with Gasteiger partial charge in [0.15, 0.2) is 0 Å². The molecule has 2 aliphatic heterocycles. The highest BCUT2D eigenvalue weighted by Gasteiger charge is 2.27. The predicted molar refractivity (Wildman–Crippen MR) is 126 cm³/mol. The summed E-state index contributed by atoms with van der Waals surface area (Å²) in [6, 6.07) is 4.20. The molecular weight excluding hydrogens is 408 g/mol. The van der Waals surface area contributed by atoms with Gasteiger partial charge in [0, 0.05) is 31.0 Å². The van der Waals surface area contributed by atoms with Gasteiger partial charge in [0.25, 0.3) is 0 Å². The first-order valence-corrected chi connectivity index (χ1v) is 12.7. The van der Waals surface area contributed by atoms with Crippen LogP contribution >= 0.6 is 11.3 Å². The van der Waals surface area contributed by atoms with Crippen LogP contribution in [-0.4, -0.2) is 64.8 Å². The summed E-state index contributed by atoms with van der Waals surface area (Å²) in [5, 5.41) is 13.9. The van der Waals surface area contributed by atoms with Crippen molar-refractivity contribution in [1.82, 2.24) is 25.0 Å². The number of aromatic nitrogens is 3. The van der Waals surface area contributed by atoms with Gasteiger partial charge in [-0.3, -0.25) is 9.36 Å². The van der Waals surface area contributed by atoms with Gasteiger partial charge in [-0.05, 0) is 77.7 Å². The van der Waals surface area contributed by atoms with Crippen LogP contribution < -0.4 is 10.2 Å². The summed E-state index contributed by atoms with van der Waals surface area (Å²) in [5.74, 6) is 0.233. The van der Waals surface area contributed by atoms with Gasteiger partial charge in [0.1, 0.15) is 0 Å². The van der Waals surface area contributed by atoms with Crippen LogP contribution in [0, 0.1) is 19.8 Å². The second-order valence-electron chi connectivity index (χ2n) is 9.00. The third-order valence-electron chi connectivity index (χ3n) is 6.58. The molecule has 8 heteroatoms. The summed E-state index contributed by atoms with van der Waals surface area (Å²) in [4.78, 5) is 17.6. The Hall–Kier alpha value is -1.93. The molecule has 1 atom stereocenters. The van der Waals surface area contributed by atoms with Gasteiger partial charge in [0.2, 0.25) is 16.2 Å². The van der Waals surface area contributed by atoms with Crippen LogP contribution in [0.1, 0.15) is 56.3 Å². The Labute approximate surface area is 189 Å². The number of hydrogen-bond acceptors (Lipinski definition) is 6. The van der Waals surface area contributed by atoms with E-state index in [1.807, 2.05) is 0 Å². The molecule has 2 aromatic heterocycles. The number of hydrogen-bond donors (Lipinski definition) is 1. The van der Waals surface area contributed by atoms with Crippen LogP contribution in [0.15, 0.2) is 12.1 Å². The van der Waals surface area contributed by atoms with Gasteiger partial charge in [-0.25, -0.2) is 0 Å². The molecule has 0 radical (unpaired) electrons. The second-order valence-corrected chi connectivity index (χ2v) is 9.94. The highest BCUT2D eigenvalue weighted by atomic mass is 32.1. The van der Waals surface area contributed by atoms with Crippen LogP contribution in [0.4, 0.5) is 5.13 Å². The minimum Gasteiger partial charge on any atom is -0.356 e. The van der Waals surface area contributed by atoms with Crippen LogP contribution in [0.3, 0.4) is 0 Å². The van der Waals surface area contributed by atoms with E-state index in [-0.39, 0.29) is 11.8 Å². The third-order valence-corrected chi connectivity index (χ3v) is 7.55. The van der Waals surface area contributed by atoms with Gasteiger partial charge in [-0.15, -0.1) is 10.2 Å². The summed E-state index contributed by atoms with van der Waals surface area (Å²) >= 11 is 1.61. The summed E-state index contributed by atoms with van der Waals surface area (Å²) in [6.45, 7) is 10.2. The van der Waals surface area contributed by atoms with Crippen LogP contribution in [-0.2, 0) is 4.79 Å². The van der Waals surface area contributed by atoms with Crippen molar-refractivity contribution in [2.24, 2.45) is 5.92 Å². The molecule has 0 bridgehead atoms. The van der Waals surface area contributed by atoms with E-state index < -0.39 is 0 Å². The molecule has 2 aromatic rings. The highest BCUT2D eigenvalue weighted by molar-refractivity contribution is 7.17. The zero-order valence-electron chi connectivity index (χ0n) is 19.0. The van der Waals surface area contributed by atoms with Gasteiger partial charge >= 0.3 is 0 Å².